The molecule has 0 saturated heterocycles. The van der Waals surface area contributed by atoms with Crippen molar-refractivity contribution in [2.24, 2.45) is 10.7 Å². The van der Waals surface area contributed by atoms with Crippen molar-refractivity contribution >= 4 is 44.8 Å². The van der Waals surface area contributed by atoms with E-state index in [4.69, 9.17) is 10.2 Å². The van der Waals surface area contributed by atoms with Gasteiger partial charge < -0.3 is 15.3 Å². The van der Waals surface area contributed by atoms with E-state index in [-0.39, 0.29) is 11.1 Å². The molecule has 0 aliphatic heterocycles. The Morgan fingerprint density at radius 2 is 2.07 bits per heavy atom. The fraction of sp³-hybridized carbons (Fsp3) is 0.118. The molecule has 0 aliphatic carbocycles. The van der Waals surface area contributed by atoms with Crippen LogP contribution in [0.25, 0.3) is 11.1 Å². The van der Waals surface area contributed by atoms with E-state index in [2.05, 4.69) is 17.2 Å². The van der Waals surface area contributed by atoms with E-state index >= 15 is 0 Å². The lowest BCUT2D eigenvalue weighted by molar-refractivity contribution is 0.245. The monoisotopic (exact) mass is 438 g/mol. The molecule has 29 heavy (non-hydrogen) atoms. The average molecular weight is 438 g/mol. The predicted octanol–water partition coefficient (Wildman–Crippen LogP) is 0.866. The minimum Gasteiger partial charge on any atom is -0.408 e. The second kappa shape index (κ2) is 8.11. The van der Waals surface area contributed by atoms with Crippen LogP contribution in [0.2, 0.25) is 0 Å². The highest BCUT2D eigenvalue weighted by molar-refractivity contribution is 7.91. The van der Waals surface area contributed by atoms with Crippen molar-refractivity contribution in [1.82, 2.24) is 9.29 Å². The molecule has 0 saturated carbocycles. The highest BCUT2D eigenvalue weighted by Crippen LogP contribution is 2.26. The van der Waals surface area contributed by atoms with Gasteiger partial charge in [-0.1, -0.05) is 30.3 Å². The summed E-state index contributed by atoms with van der Waals surface area (Å²) in [7, 11) is -4.44. The van der Waals surface area contributed by atoms with E-state index in [1.54, 1.807) is 30.3 Å². The summed E-state index contributed by atoms with van der Waals surface area (Å²) in [5, 5.41) is 9.31. The Bertz CT molecular complexity index is 1250. The summed E-state index contributed by atoms with van der Waals surface area (Å²) < 4.78 is 47.4. The SMILES string of the molecule is NC=NC(=S)NS(=O)(=O)c1cc2oc(=O)n(C(CO)c3ccccc3)c2cc1F. The number of hydrogen-bond donors (Lipinski definition) is 3. The number of benzene rings is 2. The number of fused-ring (bicyclic) bond motifs is 1. The minimum absolute atomic E-state index is 0.0168. The minimum atomic E-state index is -4.44. The van der Waals surface area contributed by atoms with Crippen LogP contribution in [0.3, 0.4) is 0 Å². The number of halogens is 1. The van der Waals surface area contributed by atoms with Gasteiger partial charge in [-0.05, 0) is 17.8 Å². The second-order valence-electron chi connectivity index (χ2n) is 5.79. The largest absolute Gasteiger partial charge is 0.420 e. The third-order valence-corrected chi connectivity index (χ3v) is 5.73. The smallest absolute Gasteiger partial charge is 0.408 e. The molecule has 0 fully saturated rings. The molecular formula is C17H15FN4O5S2. The Balaban J connectivity index is 2.14. The predicted molar refractivity (Wildman–Crippen MR) is 108 cm³/mol. The number of aliphatic hydroxyl groups excluding tert-OH is 1. The number of thiocarbonyl (C=S) groups is 1. The number of hydrogen-bond acceptors (Lipinski definition) is 6. The van der Waals surface area contributed by atoms with Gasteiger partial charge in [-0.25, -0.2) is 22.6 Å². The van der Waals surface area contributed by atoms with Gasteiger partial charge in [-0.15, -0.1) is 0 Å². The lowest BCUT2D eigenvalue weighted by Crippen LogP contribution is -2.29. The van der Waals surface area contributed by atoms with Crippen molar-refractivity contribution in [1.29, 1.82) is 0 Å². The zero-order chi connectivity index (χ0) is 21.2. The number of aliphatic hydroxyl groups is 1. The van der Waals surface area contributed by atoms with Crippen LogP contribution in [0.5, 0.6) is 0 Å². The summed E-state index contributed by atoms with van der Waals surface area (Å²) >= 11 is 4.67. The van der Waals surface area contributed by atoms with Crippen molar-refractivity contribution < 1.29 is 22.3 Å². The van der Waals surface area contributed by atoms with Gasteiger partial charge in [0.2, 0.25) is 5.11 Å². The van der Waals surface area contributed by atoms with Crippen LogP contribution in [0.15, 0.2) is 61.6 Å². The van der Waals surface area contributed by atoms with E-state index < -0.39 is 44.3 Å². The lowest BCUT2D eigenvalue weighted by atomic mass is 10.1. The Labute approximate surface area is 169 Å². The summed E-state index contributed by atoms with van der Waals surface area (Å²) in [5.41, 5.74) is 5.43. The number of nitrogens with zero attached hydrogens (tertiary/aromatic N) is 2. The van der Waals surface area contributed by atoms with E-state index in [9.17, 15) is 22.7 Å². The van der Waals surface area contributed by atoms with E-state index in [0.717, 1.165) is 23.0 Å². The molecule has 152 valence electrons. The Morgan fingerprint density at radius 3 is 2.69 bits per heavy atom. The molecule has 9 nitrogen and oxygen atoms in total. The van der Waals surface area contributed by atoms with Crippen LogP contribution in [0.1, 0.15) is 11.6 Å². The third kappa shape index (κ3) is 4.04. The van der Waals surface area contributed by atoms with Crippen LogP contribution in [0.4, 0.5) is 4.39 Å². The number of oxazole rings is 1. The average Bonchev–Trinajstić information content (AvgIpc) is 2.98. The standard InChI is InChI=1S/C17H15FN4O5S2/c18-11-6-12-14(7-15(11)29(25,26)21-16(28)20-9-19)27-17(24)22(12)13(8-23)10-4-2-1-3-5-10/h1-7,9,13,23H,8H2,(H3,19,20,21,28). The molecule has 0 spiro atoms. The summed E-state index contributed by atoms with van der Waals surface area (Å²) in [6.07, 6.45) is 0.780. The number of sulfonamides is 1. The van der Waals surface area contributed by atoms with Crippen molar-refractivity contribution in [3.63, 3.8) is 0 Å². The first-order chi connectivity index (χ1) is 13.8. The lowest BCUT2D eigenvalue weighted by Gasteiger charge is -2.16. The maximum Gasteiger partial charge on any atom is 0.420 e. The first-order valence-electron chi connectivity index (χ1n) is 8.10. The van der Waals surface area contributed by atoms with Gasteiger partial charge in [0.15, 0.2) is 5.58 Å². The van der Waals surface area contributed by atoms with Crippen LogP contribution in [-0.4, -0.2) is 36.1 Å². The summed E-state index contributed by atoms with van der Waals surface area (Å²) in [6.45, 7) is -0.465. The zero-order valence-corrected chi connectivity index (χ0v) is 16.3. The van der Waals surface area contributed by atoms with Gasteiger partial charge in [0.25, 0.3) is 10.0 Å². The number of aliphatic imine (C=N–C) groups is 1. The molecule has 1 heterocycles. The molecule has 12 heteroatoms. The van der Waals surface area contributed by atoms with Crippen molar-refractivity contribution in [2.45, 2.75) is 10.9 Å². The van der Waals surface area contributed by atoms with Crippen LogP contribution < -0.4 is 16.2 Å². The fourth-order valence-electron chi connectivity index (χ4n) is 2.81. The summed E-state index contributed by atoms with van der Waals surface area (Å²) in [4.78, 5) is 15.0. The van der Waals surface area contributed by atoms with Crippen LogP contribution >= 0.6 is 12.2 Å². The molecule has 2 aromatic carbocycles. The Kier molecular flexibility index (Phi) is 5.77. The topological polar surface area (TPSA) is 140 Å². The third-order valence-electron chi connectivity index (χ3n) is 4.04. The molecule has 0 aliphatic rings. The van der Waals surface area contributed by atoms with Crippen LogP contribution in [0, 0.1) is 5.82 Å². The van der Waals surface area contributed by atoms with Gasteiger partial charge in [-0.2, -0.15) is 0 Å². The van der Waals surface area contributed by atoms with Gasteiger partial charge in [0.1, 0.15) is 10.7 Å². The second-order valence-corrected chi connectivity index (χ2v) is 7.82. The fourth-order valence-corrected chi connectivity index (χ4v) is 4.17. The highest BCUT2D eigenvalue weighted by Gasteiger charge is 2.26. The molecule has 0 radical (unpaired) electrons. The molecule has 3 aromatic rings. The molecule has 0 bridgehead atoms. The number of nitrogens with two attached hydrogens (primary N) is 1. The number of aromatic nitrogens is 1. The number of nitrogens with one attached hydrogen (secondary N) is 1. The normalized spacial score (nSPS) is 13.0. The molecule has 1 atom stereocenters. The van der Waals surface area contributed by atoms with Gasteiger partial charge in [-0.3, -0.25) is 9.29 Å². The first-order valence-corrected chi connectivity index (χ1v) is 9.99. The molecule has 0 amide bonds. The van der Waals surface area contributed by atoms with Gasteiger partial charge in [0.05, 0.1) is 24.5 Å². The zero-order valence-electron chi connectivity index (χ0n) is 14.6. The molecule has 3 rings (SSSR count). The molecule has 4 N–H and O–H groups in total. The molecular weight excluding hydrogens is 423 g/mol. The van der Waals surface area contributed by atoms with E-state index in [1.807, 2.05) is 4.72 Å². The number of rotatable bonds is 5. The molecule has 1 unspecified atom stereocenters. The summed E-state index contributed by atoms with van der Waals surface area (Å²) in [5.74, 6) is -2.03. The van der Waals surface area contributed by atoms with E-state index in [0.29, 0.717) is 5.56 Å². The van der Waals surface area contributed by atoms with Crippen molar-refractivity contribution in [3.8, 4) is 0 Å². The van der Waals surface area contributed by atoms with Gasteiger partial charge in [0, 0.05) is 12.1 Å². The maximum absolute atomic E-state index is 14.7. The first kappa shape index (κ1) is 20.6. The van der Waals surface area contributed by atoms with Crippen molar-refractivity contribution in [2.75, 3.05) is 6.61 Å². The molecule has 1 aromatic heterocycles. The van der Waals surface area contributed by atoms with Gasteiger partial charge >= 0.3 is 5.76 Å². The Morgan fingerprint density at radius 1 is 1.38 bits per heavy atom. The van der Waals surface area contributed by atoms with E-state index in [1.165, 1.54) is 0 Å². The highest BCUT2D eigenvalue weighted by atomic mass is 32.2. The Hall–Kier alpha value is -3.09. The quantitative estimate of drug-likeness (QED) is 0.305. The summed E-state index contributed by atoms with van der Waals surface area (Å²) in [6, 6.07) is 9.42. The maximum atomic E-state index is 14.7. The van der Waals surface area contributed by atoms with Crippen molar-refractivity contribution in [3.05, 3.63) is 64.4 Å². The van der Waals surface area contributed by atoms with Crippen LogP contribution in [-0.2, 0) is 10.0 Å².